The van der Waals surface area contributed by atoms with Crippen LogP contribution in [0.3, 0.4) is 0 Å². The van der Waals surface area contributed by atoms with Gasteiger partial charge in [-0.2, -0.15) is 0 Å². The summed E-state index contributed by atoms with van der Waals surface area (Å²) in [5.41, 5.74) is 10.1. The molecule has 1 aromatic heterocycles. The average Bonchev–Trinajstić information content (AvgIpc) is 2.38. The minimum absolute atomic E-state index is 0.343. The second-order valence-corrected chi connectivity index (χ2v) is 4.70. The highest BCUT2D eigenvalue weighted by atomic mass is 35.5. The number of hydrogen-bond acceptors (Lipinski definition) is 3. The molecule has 2 rings (SSSR count). The molecule has 3 N–H and O–H groups in total. The Kier molecular flexibility index (Phi) is 4.20. The fourth-order valence-electron chi connectivity index (χ4n) is 1.92. The van der Waals surface area contributed by atoms with Crippen LogP contribution in [-0.4, -0.2) is 11.7 Å². The van der Waals surface area contributed by atoms with E-state index in [2.05, 4.69) is 22.9 Å². The van der Waals surface area contributed by atoms with Crippen molar-refractivity contribution in [3.8, 4) is 11.1 Å². The van der Waals surface area contributed by atoms with Crippen LogP contribution in [0.1, 0.15) is 11.3 Å². The molecule has 0 atom stereocenters. The van der Waals surface area contributed by atoms with Crippen molar-refractivity contribution < 1.29 is 0 Å². The number of benzene rings is 1. The topological polar surface area (TPSA) is 50.9 Å². The molecular weight excluding hydrogens is 258 g/mol. The predicted molar refractivity (Wildman–Crippen MR) is 80.6 cm³/mol. The molecule has 0 aliphatic heterocycles. The van der Waals surface area contributed by atoms with Crippen molar-refractivity contribution in [1.82, 2.24) is 10.3 Å². The van der Waals surface area contributed by atoms with E-state index in [1.54, 1.807) is 0 Å². The standard InChI is InChI=1S/C15H16ClN3/c1-10-6-13(12-4-3-5-14(16)7-12)8-18-15(10)11(2)19-9-17/h3-8,19H,2,9,17H2,1H3. The molecule has 0 amide bonds. The van der Waals surface area contributed by atoms with Gasteiger partial charge in [0.1, 0.15) is 0 Å². The van der Waals surface area contributed by atoms with Crippen molar-refractivity contribution in [3.05, 3.63) is 59.4 Å². The molecule has 19 heavy (non-hydrogen) atoms. The van der Waals surface area contributed by atoms with Gasteiger partial charge in [0.25, 0.3) is 0 Å². The molecule has 98 valence electrons. The van der Waals surface area contributed by atoms with Gasteiger partial charge in [0, 0.05) is 16.8 Å². The van der Waals surface area contributed by atoms with Gasteiger partial charge >= 0.3 is 0 Å². The Morgan fingerprint density at radius 1 is 1.37 bits per heavy atom. The third-order valence-electron chi connectivity index (χ3n) is 2.84. The molecular formula is C15H16ClN3. The number of nitrogens with two attached hydrogens (primary N) is 1. The number of hydrogen-bond donors (Lipinski definition) is 2. The normalized spacial score (nSPS) is 10.3. The summed E-state index contributed by atoms with van der Waals surface area (Å²) in [4.78, 5) is 4.44. The van der Waals surface area contributed by atoms with E-state index in [1.807, 2.05) is 37.4 Å². The quantitative estimate of drug-likeness (QED) is 0.841. The lowest BCUT2D eigenvalue weighted by atomic mass is 10.0. The second-order valence-electron chi connectivity index (χ2n) is 4.26. The molecule has 0 spiro atoms. The Morgan fingerprint density at radius 2 is 2.16 bits per heavy atom. The van der Waals surface area contributed by atoms with Gasteiger partial charge in [0.2, 0.25) is 0 Å². The van der Waals surface area contributed by atoms with Crippen molar-refractivity contribution in [2.75, 3.05) is 6.67 Å². The molecule has 1 aromatic carbocycles. The number of aryl methyl sites for hydroxylation is 1. The fraction of sp³-hybridized carbons (Fsp3) is 0.133. The Bertz CT molecular complexity index is 608. The van der Waals surface area contributed by atoms with Crippen molar-refractivity contribution >= 4 is 17.3 Å². The summed E-state index contributed by atoms with van der Waals surface area (Å²) in [6.07, 6.45) is 1.82. The molecule has 0 radical (unpaired) electrons. The summed E-state index contributed by atoms with van der Waals surface area (Å²) in [5.74, 6) is 0. The molecule has 3 nitrogen and oxygen atoms in total. The van der Waals surface area contributed by atoms with Gasteiger partial charge in [-0.1, -0.05) is 30.3 Å². The Morgan fingerprint density at radius 3 is 2.79 bits per heavy atom. The lowest BCUT2D eigenvalue weighted by Gasteiger charge is -2.11. The first-order valence-corrected chi connectivity index (χ1v) is 6.35. The predicted octanol–water partition coefficient (Wildman–Crippen LogP) is 3.19. The summed E-state index contributed by atoms with van der Waals surface area (Å²) in [7, 11) is 0. The maximum atomic E-state index is 6.00. The van der Waals surface area contributed by atoms with Crippen molar-refractivity contribution in [3.63, 3.8) is 0 Å². The van der Waals surface area contributed by atoms with E-state index in [9.17, 15) is 0 Å². The van der Waals surface area contributed by atoms with E-state index in [-0.39, 0.29) is 0 Å². The summed E-state index contributed by atoms with van der Waals surface area (Å²) in [6.45, 7) is 6.26. The van der Waals surface area contributed by atoms with Crippen LogP contribution >= 0.6 is 11.6 Å². The SMILES string of the molecule is C=C(NCN)c1ncc(-c2cccc(Cl)c2)cc1C. The molecule has 0 saturated carbocycles. The van der Waals surface area contributed by atoms with Crippen LogP contribution in [0.25, 0.3) is 16.8 Å². The smallest absolute Gasteiger partial charge is 0.0884 e. The molecule has 0 unspecified atom stereocenters. The zero-order valence-corrected chi connectivity index (χ0v) is 11.5. The molecule has 2 aromatic rings. The van der Waals surface area contributed by atoms with Crippen LogP contribution in [0.4, 0.5) is 0 Å². The highest BCUT2D eigenvalue weighted by molar-refractivity contribution is 6.30. The molecule has 1 heterocycles. The number of aromatic nitrogens is 1. The Balaban J connectivity index is 2.36. The van der Waals surface area contributed by atoms with Gasteiger partial charge in [-0.25, -0.2) is 0 Å². The molecule has 0 aliphatic carbocycles. The average molecular weight is 274 g/mol. The first-order chi connectivity index (χ1) is 9.11. The number of nitrogens with one attached hydrogen (secondary N) is 1. The maximum Gasteiger partial charge on any atom is 0.0884 e. The van der Waals surface area contributed by atoms with Crippen LogP contribution in [0.5, 0.6) is 0 Å². The Labute approximate surface area is 118 Å². The second kappa shape index (κ2) is 5.87. The first-order valence-electron chi connectivity index (χ1n) is 5.97. The van der Waals surface area contributed by atoms with Crippen LogP contribution < -0.4 is 11.1 Å². The van der Waals surface area contributed by atoms with Crippen molar-refractivity contribution in [1.29, 1.82) is 0 Å². The first kappa shape index (κ1) is 13.6. The molecule has 0 saturated heterocycles. The molecule has 0 aliphatic rings. The number of rotatable bonds is 4. The van der Waals surface area contributed by atoms with Crippen molar-refractivity contribution in [2.45, 2.75) is 6.92 Å². The largest absolute Gasteiger partial charge is 0.371 e. The van der Waals surface area contributed by atoms with Gasteiger partial charge < -0.3 is 11.1 Å². The monoisotopic (exact) mass is 273 g/mol. The van der Waals surface area contributed by atoms with Gasteiger partial charge in [-0.15, -0.1) is 0 Å². The number of halogens is 1. The van der Waals surface area contributed by atoms with Crippen LogP contribution in [0.15, 0.2) is 43.1 Å². The highest BCUT2D eigenvalue weighted by Crippen LogP contribution is 2.24. The van der Waals surface area contributed by atoms with E-state index in [0.29, 0.717) is 11.7 Å². The minimum Gasteiger partial charge on any atom is -0.371 e. The summed E-state index contributed by atoms with van der Waals surface area (Å²) in [5, 5.41) is 3.69. The maximum absolute atomic E-state index is 6.00. The Hall–Kier alpha value is -1.84. The fourth-order valence-corrected chi connectivity index (χ4v) is 2.11. The lowest BCUT2D eigenvalue weighted by molar-refractivity contribution is 0.896. The van der Waals surface area contributed by atoms with Gasteiger partial charge in [-0.3, -0.25) is 4.98 Å². The summed E-state index contributed by atoms with van der Waals surface area (Å²) >= 11 is 6.00. The van der Waals surface area contributed by atoms with Crippen molar-refractivity contribution in [2.24, 2.45) is 5.73 Å². The lowest BCUT2D eigenvalue weighted by Crippen LogP contribution is -2.21. The third kappa shape index (κ3) is 3.13. The van der Waals surface area contributed by atoms with E-state index in [0.717, 1.165) is 28.1 Å². The van der Waals surface area contributed by atoms with Crippen LogP contribution in [0, 0.1) is 6.92 Å². The highest BCUT2D eigenvalue weighted by Gasteiger charge is 2.06. The number of nitrogens with zero attached hydrogens (tertiary/aromatic N) is 1. The summed E-state index contributed by atoms with van der Waals surface area (Å²) < 4.78 is 0. The molecule has 0 fully saturated rings. The van der Waals surface area contributed by atoms with Gasteiger partial charge in [-0.05, 0) is 36.2 Å². The van der Waals surface area contributed by atoms with Gasteiger partial charge in [0.05, 0.1) is 18.1 Å². The van der Waals surface area contributed by atoms with E-state index in [1.165, 1.54) is 0 Å². The number of pyridine rings is 1. The zero-order chi connectivity index (χ0) is 13.8. The third-order valence-corrected chi connectivity index (χ3v) is 3.07. The zero-order valence-electron chi connectivity index (χ0n) is 10.8. The molecule has 0 bridgehead atoms. The summed E-state index contributed by atoms with van der Waals surface area (Å²) in [6, 6.07) is 9.78. The van der Waals surface area contributed by atoms with E-state index in [4.69, 9.17) is 17.3 Å². The van der Waals surface area contributed by atoms with E-state index >= 15 is 0 Å². The minimum atomic E-state index is 0.343. The van der Waals surface area contributed by atoms with Gasteiger partial charge in [0.15, 0.2) is 0 Å². The van der Waals surface area contributed by atoms with Crippen LogP contribution in [-0.2, 0) is 0 Å². The van der Waals surface area contributed by atoms with E-state index < -0.39 is 0 Å². The molecule has 4 heteroatoms. The van der Waals surface area contributed by atoms with Crippen LogP contribution in [0.2, 0.25) is 5.02 Å².